The fourth-order valence-corrected chi connectivity index (χ4v) is 2.99. The molecule has 1 aromatic carbocycles. The van der Waals surface area contributed by atoms with Crippen LogP contribution in [-0.2, 0) is 25.7 Å². The number of hydrogen-bond acceptors (Lipinski definition) is 6. The number of hydrogen-bond donors (Lipinski definition) is 1. The van der Waals surface area contributed by atoms with Crippen molar-refractivity contribution >= 4 is 17.8 Å². The lowest BCUT2D eigenvalue weighted by atomic mass is 10.1. The van der Waals surface area contributed by atoms with Gasteiger partial charge in [0.05, 0.1) is 26.2 Å². The maximum absolute atomic E-state index is 12.5. The highest BCUT2D eigenvalue weighted by molar-refractivity contribution is 5.90. The minimum atomic E-state index is -0.596. The fourth-order valence-electron chi connectivity index (χ4n) is 2.99. The van der Waals surface area contributed by atoms with E-state index in [-0.39, 0.29) is 24.8 Å². The van der Waals surface area contributed by atoms with E-state index in [1.807, 2.05) is 36.1 Å². The number of likely N-dealkylation sites (N-methyl/N-ethyl adjacent to an activating group) is 1. The minimum absolute atomic E-state index is 0.00384. The maximum Gasteiger partial charge on any atom is 0.325 e. The minimum Gasteiger partial charge on any atom is -0.494 e. The summed E-state index contributed by atoms with van der Waals surface area (Å²) in [6, 6.07) is 7.08. The van der Waals surface area contributed by atoms with E-state index < -0.39 is 12.0 Å². The van der Waals surface area contributed by atoms with Gasteiger partial charge >= 0.3 is 5.97 Å². The Morgan fingerprint density at radius 3 is 2.78 bits per heavy atom. The van der Waals surface area contributed by atoms with Gasteiger partial charge in [0.25, 0.3) is 0 Å². The topological polar surface area (TPSA) is 88.2 Å². The summed E-state index contributed by atoms with van der Waals surface area (Å²) in [7, 11) is 2.79. The SMILES string of the molecule is CCOc1ccccc1CN1CCNC(=O)C1CC(=O)N(C)CC(=O)OC. The number of ether oxygens (including phenoxy) is 2. The van der Waals surface area contributed by atoms with E-state index in [0.29, 0.717) is 26.2 Å². The van der Waals surface area contributed by atoms with Gasteiger partial charge in [0.1, 0.15) is 12.3 Å². The van der Waals surface area contributed by atoms with Crippen molar-refractivity contribution in [3.63, 3.8) is 0 Å². The van der Waals surface area contributed by atoms with Gasteiger partial charge in [-0.3, -0.25) is 19.3 Å². The largest absolute Gasteiger partial charge is 0.494 e. The van der Waals surface area contributed by atoms with Crippen molar-refractivity contribution < 1.29 is 23.9 Å². The molecule has 1 unspecified atom stereocenters. The van der Waals surface area contributed by atoms with Crippen LogP contribution in [0.4, 0.5) is 0 Å². The van der Waals surface area contributed by atoms with Crippen molar-refractivity contribution in [2.75, 3.05) is 40.4 Å². The zero-order valence-electron chi connectivity index (χ0n) is 16.1. The fraction of sp³-hybridized carbons (Fsp3) is 0.526. The first kappa shape index (κ1) is 20.7. The van der Waals surface area contributed by atoms with Crippen LogP contribution in [-0.4, -0.2) is 74.0 Å². The Balaban J connectivity index is 2.09. The third kappa shape index (κ3) is 5.68. The molecule has 1 N–H and O–H groups in total. The van der Waals surface area contributed by atoms with Crippen LogP contribution in [0.2, 0.25) is 0 Å². The third-order valence-corrected chi connectivity index (χ3v) is 4.48. The second-order valence-corrected chi connectivity index (χ2v) is 6.35. The summed E-state index contributed by atoms with van der Waals surface area (Å²) in [5.41, 5.74) is 0.967. The molecule has 1 aromatic rings. The average molecular weight is 377 g/mol. The van der Waals surface area contributed by atoms with E-state index in [4.69, 9.17) is 4.74 Å². The van der Waals surface area contributed by atoms with Crippen LogP contribution in [0.1, 0.15) is 18.9 Å². The number of rotatable bonds is 8. The summed E-state index contributed by atoms with van der Waals surface area (Å²) in [5, 5.41) is 2.81. The van der Waals surface area contributed by atoms with Crippen molar-refractivity contribution in [2.24, 2.45) is 0 Å². The Morgan fingerprint density at radius 1 is 1.33 bits per heavy atom. The number of methoxy groups -OCH3 is 1. The number of benzene rings is 1. The molecular formula is C19H27N3O5. The maximum atomic E-state index is 12.5. The van der Waals surface area contributed by atoms with Gasteiger partial charge in [-0.1, -0.05) is 18.2 Å². The van der Waals surface area contributed by atoms with E-state index in [1.165, 1.54) is 19.1 Å². The van der Waals surface area contributed by atoms with E-state index in [0.717, 1.165) is 11.3 Å². The van der Waals surface area contributed by atoms with E-state index in [2.05, 4.69) is 10.1 Å². The first-order valence-corrected chi connectivity index (χ1v) is 8.99. The molecule has 0 aromatic heterocycles. The van der Waals surface area contributed by atoms with Crippen molar-refractivity contribution in [3.05, 3.63) is 29.8 Å². The first-order chi connectivity index (χ1) is 13.0. The lowest BCUT2D eigenvalue weighted by Crippen LogP contribution is -2.56. The Kier molecular flexibility index (Phi) is 7.60. The van der Waals surface area contributed by atoms with Gasteiger partial charge in [-0.15, -0.1) is 0 Å². The van der Waals surface area contributed by atoms with E-state index in [1.54, 1.807) is 0 Å². The number of carbonyl (C=O) groups is 3. The Labute approximate surface area is 159 Å². The number of amides is 2. The standard InChI is InChI=1S/C19H27N3O5/c1-4-27-16-8-6-5-7-14(16)12-22-10-9-20-19(25)15(22)11-17(23)21(2)13-18(24)26-3/h5-8,15H,4,9-13H2,1-3H3,(H,20,25). The van der Waals surface area contributed by atoms with Gasteiger partial charge in [0.2, 0.25) is 11.8 Å². The van der Waals surface area contributed by atoms with Gasteiger partial charge in [-0.2, -0.15) is 0 Å². The molecule has 0 aliphatic carbocycles. The summed E-state index contributed by atoms with van der Waals surface area (Å²) in [6.45, 7) is 3.99. The average Bonchev–Trinajstić information content (AvgIpc) is 2.65. The number of nitrogens with one attached hydrogen (secondary N) is 1. The molecule has 148 valence electrons. The second kappa shape index (κ2) is 9.91. The molecule has 8 nitrogen and oxygen atoms in total. The molecule has 2 rings (SSSR count). The molecule has 1 aliphatic rings. The number of carbonyl (C=O) groups excluding carboxylic acids is 3. The molecule has 27 heavy (non-hydrogen) atoms. The van der Waals surface area contributed by atoms with Crippen LogP contribution in [0.5, 0.6) is 5.75 Å². The van der Waals surface area contributed by atoms with Crippen LogP contribution in [0, 0.1) is 0 Å². The molecule has 8 heteroatoms. The van der Waals surface area contributed by atoms with E-state index >= 15 is 0 Å². The first-order valence-electron chi connectivity index (χ1n) is 8.99. The van der Waals surface area contributed by atoms with Gasteiger partial charge in [0, 0.05) is 32.2 Å². The highest BCUT2D eigenvalue weighted by Crippen LogP contribution is 2.22. The number of piperazine rings is 1. The molecule has 1 fully saturated rings. The second-order valence-electron chi connectivity index (χ2n) is 6.35. The summed E-state index contributed by atoms with van der Waals surface area (Å²) >= 11 is 0. The molecule has 0 saturated carbocycles. The van der Waals surface area contributed by atoms with Crippen molar-refractivity contribution in [3.8, 4) is 5.75 Å². The Hall–Kier alpha value is -2.61. The Morgan fingerprint density at radius 2 is 2.07 bits per heavy atom. The molecule has 0 radical (unpaired) electrons. The molecule has 2 amide bonds. The number of nitrogens with zero attached hydrogens (tertiary/aromatic N) is 2. The molecule has 1 saturated heterocycles. The lowest BCUT2D eigenvalue weighted by molar-refractivity contribution is -0.147. The Bertz CT molecular complexity index is 679. The van der Waals surface area contributed by atoms with Gasteiger partial charge < -0.3 is 19.7 Å². The van der Waals surface area contributed by atoms with Crippen molar-refractivity contribution in [1.29, 1.82) is 0 Å². The quantitative estimate of drug-likeness (QED) is 0.660. The van der Waals surface area contributed by atoms with Crippen molar-refractivity contribution in [1.82, 2.24) is 15.1 Å². The van der Waals surface area contributed by atoms with E-state index in [9.17, 15) is 14.4 Å². The van der Waals surface area contributed by atoms with Crippen LogP contribution in [0.15, 0.2) is 24.3 Å². The summed E-state index contributed by atoms with van der Waals surface area (Å²) in [4.78, 5) is 39.5. The lowest BCUT2D eigenvalue weighted by Gasteiger charge is -2.35. The highest BCUT2D eigenvalue weighted by Gasteiger charge is 2.33. The highest BCUT2D eigenvalue weighted by atomic mass is 16.5. The zero-order valence-corrected chi connectivity index (χ0v) is 16.1. The normalized spacial score (nSPS) is 17.1. The van der Waals surface area contributed by atoms with Crippen LogP contribution in [0.25, 0.3) is 0 Å². The predicted molar refractivity (Wildman–Crippen MR) is 99.1 cm³/mol. The van der Waals surface area contributed by atoms with Gasteiger partial charge in [-0.25, -0.2) is 0 Å². The van der Waals surface area contributed by atoms with Gasteiger partial charge in [-0.05, 0) is 13.0 Å². The van der Waals surface area contributed by atoms with Gasteiger partial charge in [0.15, 0.2) is 0 Å². The molecule has 0 bridgehead atoms. The zero-order chi connectivity index (χ0) is 19.8. The predicted octanol–water partition coefficient (Wildman–Crippen LogP) is 0.407. The molecule has 0 spiro atoms. The van der Waals surface area contributed by atoms with Crippen LogP contribution < -0.4 is 10.1 Å². The summed E-state index contributed by atoms with van der Waals surface area (Å²) in [5.74, 6) is -0.194. The molecule has 1 heterocycles. The molecule has 1 aliphatic heterocycles. The third-order valence-electron chi connectivity index (χ3n) is 4.48. The smallest absolute Gasteiger partial charge is 0.325 e. The number of esters is 1. The number of para-hydroxylation sites is 1. The molecular weight excluding hydrogens is 350 g/mol. The van der Waals surface area contributed by atoms with Crippen molar-refractivity contribution in [2.45, 2.75) is 25.9 Å². The van der Waals surface area contributed by atoms with Crippen LogP contribution >= 0.6 is 0 Å². The monoisotopic (exact) mass is 377 g/mol. The summed E-state index contributed by atoms with van der Waals surface area (Å²) in [6.07, 6.45) is -0.00384. The molecule has 1 atom stereocenters. The summed E-state index contributed by atoms with van der Waals surface area (Å²) < 4.78 is 10.2. The van der Waals surface area contributed by atoms with Crippen LogP contribution in [0.3, 0.4) is 0 Å².